The van der Waals surface area contributed by atoms with Gasteiger partial charge < -0.3 is 24.4 Å². The molecule has 1 heterocycles. The van der Waals surface area contributed by atoms with E-state index in [1.165, 1.54) is 19.1 Å². The second-order valence-corrected chi connectivity index (χ2v) is 7.85. The van der Waals surface area contributed by atoms with E-state index in [4.69, 9.17) is 21.1 Å². The number of aliphatic hydroxyl groups is 1. The molecule has 1 aliphatic heterocycles. The van der Waals surface area contributed by atoms with Gasteiger partial charge in [0.05, 0.1) is 25.8 Å². The number of nitrogens with zero attached hydrogens (tertiary/aromatic N) is 2. The molecule has 1 N–H and O–H groups in total. The molecular weight excluding hydrogens is 420 g/mol. The van der Waals surface area contributed by atoms with Crippen LogP contribution in [0.5, 0.6) is 11.5 Å². The number of carbonyl (C=O) groups excluding carboxylic acids is 2. The van der Waals surface area contributed by atoms with Gasteiger partial charge in [-0.25, -0.2) is 0 Å². The first-order valence-electron chi connectivity index (χ1n) is 9.69. The maximum atomic E-state index is 13.0. The molecule has 0 radical (unpaired) electrons. The second-order valence-electron chi connectivity index (χ2n) is 7.42. The van der Waals surface area contributed by atoms with Crippen LogP contribution in [0.3, 0.4) is 0 Å². The van der Waals surface area contributed by atoms with E-state index in [9.17, 15) is 14.7 Å². The third kappa shape index (κ3) is 4.52. The van der Waals surface area contributed by atoms with Gasteiger partial charge in [-0.2, -0.15) is 0 Å². The largest absolute Gasteiger partial charge is 0.507 e. The van der Waals surface area contributed by atoms with Crippen LogP contribution < -0.4 is 9.47 Å². The normalized spacial score (nSPS) is 18.0. The molecular formula is C23H25ClN2O5. The summed E-state index contributed by atoms with van der Waals surface area (Å²) < 4.78 is 10.5. The topological polar surface area (TPSA) is 79.3 Å². The van der Waals surface area contributed by atoms with Gasteiger partial charge >= 0.3 is 0 Å². The Kier molecular flexibility index (Phi) is 6.87. The molecule has 7 nitrogen and oxygen atoms in total. The number of hydrogen-bond donors (Lipinski definition) is 1. The summed E-state index contributed by atoms with van der Waals surface area (Å²) in [5, 5.41) is 11.7. The number of aliphatic hydroxyl groups excluding tert-OH is 1. The zero-order valence-corrected chi connectivity index (χ0v) is 18.6. The van der Waals surface area contributed by atoms with Gasteiger partial charge in [0.25, 0.3) is 11.7 Å². The fraction of sp³-hybridized carbons (Fsp3) is 0.304. The van der Waals surface area contributed by atoms with E-state index in [1.54, 1.807) is 42.5 Å². The number of carbonyl (C=O) groups is 2. The van der Waals surface area contributed by atoms with E-state index in [1.807, 2.05) is 19.0 Å². The number of ether oxygens (including phenoxy) is 2. The molecule has 0 saturated carbocycles. The summed E-state index contributed by atoms with van der Waals surface area (Å²) in [6, 6.07) is 11.0. The lowest BCUT2D eigenvalue weighted by molar-refractivity contribution is -0.140. The first-order valence-corrected chi connectivity index (χ1v) is 10.1. The Morgan fingerprint density at radius 1 is 1.06 bits per heavy atom. The number of ketones is 1. The number of Topliss-reactive ketones (excluding diaryl/α,β-unsaturated/α-hetero) is 1. The molecule has 1 atom stereocenters. The SMILES string of the molecule is COc1ccc(/C(O)=C2\C(=O)C(=O)N(CCN(C)C)[C@H]2c2ccc(Cl)cc2)cc1OC. The van der Waals surface area contributed by atoms with Gasteiger partial charge in [0.2, 0.25) is 0 Å². The van der Waals surface area contributed by atoms with Crippen LogP contribution in [0, 0.1) is 0 Å². The van der Waals surface area contributed by atoms with Crippen LogP contribution in [0.4, 0.5) is 0 Å². The van der Waals surface area contributed by atoms with E-state index in [-0.39, 0.29) is 11.3 Å². The van der Waals surface area contributed by atoms with E-state index in [0.29, 0.717) is 40.7 Å². The summed E-state index contributed by atoms with van der Waals surface area (Å²) in [7, 11) is 6.76. The molecule has 164 valence electrons. The van der Waals surface area contributed by atoms with E-state index in [0.717, 1.165) is 0 Å². The molecule has 0 bridgehead atoms. The van der Waals surface area contributed by atoms with Gasteiger partial charge in [0.1, 0.15) is 5.76 Å². The van der Waals surface area contributed by atoms with Crippen molar-refractivity contribution >= 4 is 29.1 Å². The number of likely N-dealkylation sites (N-methyl/N-ethyl adjacent to an activating group) is 1. The molecule has 1 saturated heterocycles. The van der Waals surface area contributed by atoms with E-state index >= 15 is 0 Å². The van der Waals surface area contributed by atoms with Crippen molar-refractivity contribution in [2.45, 2.75) is 6.04 Å². The molecule has 0 unspecified atom stereocenters. The third-order valence-electron chi connectivity index (χ3n) is 5.17. The van der Waals surface area contributed by atoms with Crippen LogP contribution in [0.25, 0.3) is 5.76 Å². The number of likely N-dealkylation sites (tertiary alicyclic amines) is 1. The highest BCUT2D eigenvalue weighted by molar-refractivity contribution is 6.46. The first kappa shape index (κ1) is 22.7. The van der Waals surface area contributed by atoms with Crippen LogP contribution in [0.15, 0.2) is 48.0 Å². The lowest BCUT2D eigenvalue weighted by atomic mass is 9.95. The molecule has 2 aromatic rings. The predicted molar refractivity (Wildman–Crippen MR) is 119 cm³/mol. The van der Waals surface area contributed by atoms with E-state index < -0.39 is 17.7 Å². The van der Waals surface area contributed by atoms with Crippen LogP contribution >= 0.6 is 11.6 Å². The number of methoxy groups -OCH3 is 2. The minimum atomic E-state index is -0.731. The Hall–Kier alpha value is -3.03. The summed E-state index contributed by atoms with van der Waals surface area (Å²) in [6.07, 6.45) is 0. The van der Waals surface area contributed by atoms with Crippen molar-refractivity contribution in [2.24, 2.45) is 0 Å². The molecule has 1 fully saturated rings. The highest BCUT2D eigenvalue weighted by Gasteiger charge is 2.45. The zero-order valence-electron chi connectivity index (χ0n) is 17.9. The van der Waals surface area contributed by atoms with Crippen molar-refractivity contribution in [3.63, 3.8) is 0 Å². The van der Waals surface area contributed by atoms with Gasteiger partial charge in [0, 0.05) is 23.7 Å². The van der Waals surface area contributed by atoms with Crippen molar-refractivity contribution in [3.8, 4) is 11.5 Å². The third-order valence-corrected chi connectivity index (χ3v) is 5.42. The number of rotatable bonds is 7. The lowest BCUT2D eigenvalue weighted by Gasteiger charge is -2.26. The number of halogens is 1. The van der Waals surface area contributed by atoms with Crippen molar-refractivity contribution in [3.05, 3.63) is 64.2 Å². The maximum Gasteiger partial charge on any atom is 0.295 e. The summed E-state index contributed by atoms with van der Waals surface area (Å²) in [4.78, 5) is 29.3. The van der Waals surface area contributed by atoms with E-state index in [2.05, 4.69) is 0 Å². The average molecular weight is 445 g/mol. The maximum absolute atomic E-state index is 13.0. The molecule has 0 aliphatic carbocycles. The van der Waals surface area contributed by atoms with Gasteiger partial charge in [-0.05, 0) is 50.0 Å². The van der Waals surface area contributed by atoms with Crippen LogP contribution in [-0.2, 0) is 9.59 Å². The molecule has 1 aliphatic rings. The molecule has 2 aromatic carbocycles. The van der Waals surface area contributed by atoms with Crippen molar-refractivity contribution in [1.29, 1.82) is 0 Å². The summed E-state index contributed by atoms with van der Waals surface area (Å²) >= 11 is 6.03. The Morgan fingerprint density at radius 3 is 2.29 bits per heavy atom. The molecule has 0 aromatic heterocycles. The fourth-order valence-corrected chi connectivity index (χ4v) is 3.68. The number of hydrogen-bond acceptors (Lipinski definition) is 6. The molecule has 8 heteroatoms. The zero-order chi connectivity index (χ0) is 22.7. The molecule has 1 amide bonds. The fourth-order valence-electron chi connectivity index (χ4n) is 3.55. The molecule has 0 spiro atoms. The van der Waals surface area contributed by atoms with Crippen LogP contribution in [0.1, 0.15) is 17.2 Å². The minimum absolute atomic E-state index is 0.0262. The van der Waals surface area contributed by atoms with Gasteiger partial charge in [-0.15, -0.1) is 0 Å². The second kappa shape index (κ2) is 9.41. The summed E-state index contributed by atoms with van der Waals surface area (Å²) in [5.41, 5.74) is 1.06. The highest BCUT2D eigenvalue weighted by atomic mass is 35.5. The Balaban J connectivity index is 2.15. The summed E-state index contributed by atoms with van der Waals surface area (Å²) in [5.74, 6) is -0.766. The molecule has 3 rings (SSSR count). The first-order chi connectivity index (χ1) is 14.8. The predicted octanol–water partition coefficient (Wildman–Crippen LogP) is 3.34. The lowest BCUT2D eigenvalue weighted by Crippen LogP contribution is -2.35. The van der Waals surface area contributed by atoms with Crippen LogP contribution in [-0.4, -0.2) is 68.0 Å². The number of benzene rings is 2. The quantitative estimate of drug-likeness (QED) is 0.401. The summed E-state index contributed by atoms with van der Waals surface area (Å²) in [6.45, 7) is 0.890. The Labute approximate surface area is 186 Å². The Morgan fingerprint density at radius 2 is 1.71 bits per heavy atom. The van der Waals surface area contributed by atoms with Gasteiger partial charge in [-0.1, -0.05) is 23.7 Å². The number of amides is 1. The average Bonchev–Trinajstić information content (AvgIpc) is 3.01. The van der Waals surface area contributed by atoms with Gasteiger partial charge in [-0.3, -0.25) is 9.59 Å². The van der Waals surface area contributed by atoms with Gasteiger partial charge in [0.15, 0.2) is 11.5 Å². The monoisotopic (exact) mass is 444 g/mol. The smallest absolute Gasteiger partial charge is 0.295 e. The van der Waals surface area contributed by atoms with Crippen molar-refractivity contribution in [1.82, 2.24) is 9.80 Å². The standard InChI is InChI=1S/C23H25ClN2O5/c1-25(2)11-12-26-20(14-5-8-16(24)9-6-14)19(22(28)23(26)29)21(27)15-7-10-17(30-3)18(13-15)31-4/h5-10,13,20,27H,11-12H2,1-4H3/b21-19+/t20-/m0/s1. The highest BCUT2D eigenvalue weighted by Crippen LogP contribution is 2.40. The van der Waals surface area contributed by atoms with Crippen molar-refractivity contribution in [2.75, 3.05) is 41.4 Å². The van der Waals surface area contributed by atoms with Crippen molar-refractivity contribution < 1.29 is 24.2 Å². The Bertz CT molecular complexity index is 1020. The minimum Gasteiger partial charge on any atom is -0.507 e. The van der Waals surface area contributed by atoms with Crippen LogP contribution in [0.2, 0.25) is 5.02 Å². The molecule has 31 heavy (non-hydrogen) atoms.